The minimum absolute atomic E-state index is 0.384. The highest BCUT2D eigenvalue weighted by Gasteiger charge is 2.21. The Kier molecular flexibility index (Phi) is 6.59. The molecule has 0 spiro atoms. The molecule has 0 amide bonds. The Labute approximate surface area is 91.1 Å². The number of ether oxygens (including phenoxy) is 4. The molecule has 3 fully saturated rings. The fourth-order valence-electron chi connectivity index (χ4n) is 0.543. The van der Waals surface area contributed by atoms with E-state index >= 15 is 0 Å². The molecule has 0 aromatic rings. The van der Waals surface area contributed by atoms with Gasteiger partial charge in [0, 0.05) is 0 Å². The lowest BCUT2D eigenvalue weighted by Gasteiger charge is -1.92. The fourth-order valence-corrected chi connectivity index (χ4v) is 0.543. The van der Waals surface area contributed by atoms with Crippen molar-refractivity contribution in [3.63, 3.8) is 0 Å². The van der Waals surface area contributed by atoms with Crippen LogP contribution in [0.4, 0.5) is 0 Å². The lowest BCUT2D eigenvalue weighted by molar-refractivity contribution is 0.141. The van der Waals surface area contributed by atoms with Crippen LogP contribution in [0, 0.1) is 0 Å². The van der Waals surface area contributed by atoms with Crippen molar-refractivity contribution in [3.05, 3.63) is 12.7 Å². The first-order valence-corrected chi connectivity index (χ1v) is 5.32. The fraction of sp³-hybridized carbons (Fsp3) is 0.818. The average Bonchev–Trinajstić information content (AvgIpc) is 3.01. The molecule has 88 valence electrons. The monoisotopic (exact) mass is 216 g/mol. The van der Waals surface area contributed by atoms with Gasteiger partial charge in [-0.3, -0.25) is 0 Å². The van der Waals surface area contributed by atoms with Gasteiger partial charge < -0.3 is 18.9 Å². The van der Waals surface area contributed by atoms with Crippen LogP contribution in [0.2, 0.25) is 0 Å². The van der Waals surface area contributed by atoms with E-state index in [4.69, 9.17) is 14.2 Å². The molecule has 0 radical (unpaired) electrons. The Morgan fingerprint density at radius 3 is 2.13 bits per heavy atom. The van der Waals surface area contributed by atoms with Crippen molar-refractivity contribution in [1.82, 2.24) is 0 Å². The predicted molar refractivity (Wildman–Crippen MR) is 57.0 cm³/mol. The second-order valence-corrected chi connectivity index (χ2v) is 3.54. The first kappa shape index (κ1) is 12.6. The van der Waals surface area contributed by atoms with E-state index < -0.39 is 0 Å². The molecule has 15 heavy (non-hydrogen) atoms. The zero-order valence-corrected chi connectivity index (χ0v) is 9.31. The highest BCUT2D eigenvalue weighted by Crippen LogP contribution is 2.07. The SMILES string of the molecule is C1CO1.C=CCOCC1CO1.CC1CO1. The maximum absolute atomic E-state index is 5.06. The smallest absolute Gasteiger partial charge is 0.104 e. The van der Waals surface area contributed by atoms with Gasteiger partial charge in [-0.15, -0.1) is 6.58 Å². The third-order valence-corrected chi connectivity index (χ3v) is 1.65. The Balaban J connectivity index is 0.000000132. The Morgan fingerprint density at radius 2 is 1.87 bits per heavy atom. The molecule has 0 N–H and O–H groups in total. The van der Waals surface area contributed by atoms with Crippen molar-refractivity contribution in [3.8, 4) is 0 Å². The van der Waals surface area contributed by atoms with Crippen LogP contribution in [0.5, 0.6) is 0 Å². The molecule has 0 aromatic carbocycles. The molecule has 0 saturated carbocycles. The second kappa shape index (κ2) is 7.82. The van der Waals surface area contributed by atoms with Gasteiger partial charge >= 0.3 is 0 Å². The lowest BCUT2D eigenvalue weighted by Crippen LogP contribution is -2.00. The third-order valence-electron chi connectivity index (χ3n) is 1.65. The van der Waals surface area contributed by atoms with Crippen LogP contribution in [0.3, 0.4) is 0 Å². The molecule has 3 aliphatic heterocycles. The highest BCUT2D eigenvalue weighted by molar-refractivity contribution is 4.70. The maximum Gasteiger partial charge on any atom is 0.104 e. The van der Waals surface area contributed by atoms with Gasteiger partial charge in [-0.25, -0.2) is 0 Å². The molecule has 3 saturated heterocycles. The van der Waals surface area contributed by atoms with Crippen LogP contribution < -0.4 is 0 Å². The van der Waals surface area contributed by atoms with Crippen molar-refractivity contribution < 1.29 is 18.9 Å². The first-order chi connectivity index (χ1) is 7.33. The van der Waals surface area contributed by atoms with Crippen LogP contribution in [0.1, 0.15) is 6.92 Å². The van der Waals surface area contributed by atoms with Crippen LogP contribution in [-0.4, -0.2) is 51.8 Å². The van der Waals surface area contributed by atoms with Gasteiger partial charge in [-0.2, -0.15) is 0 Å². The molecule has 0 aliphatic carbocycles. The third kappa shape index (κ3) is 13.6. The van der Waals surface area contributed by atoms with E-state index in [1.165, 1.54) is 0 Å². The largest absolute Gasteiger partial charge is 0.377 e. The van der Waals surface area contributed by atoms with Crippen LogP contribution >= 0.6 is 0 Å². The topological polar surface area (TPSA) is 46.8 Å². The highest BCUT2D eigenvalue weighted by atomic mass is 16.6. The summed E-state index contributed by atoms with van der Waals surface area (Å²) in [6, 6.07) is 0. The van der Waals surface area contributed by atoms with Gasteiger partial charge in [0.15, 0.2) is 0 Å². The first-order valence-electron chi connectivity index (χ1n) is 5.32. The second-order valence-electron chi connectivity index (χ2n) is 3.54. The molecule has 3 rings (SSSR count). The normalized spacial score (nSPS) is 28.9. The summed E-state index contributed by atoms with van der Waals surface area (Å²) in [7, 11) is 0. The van der Waals surface area contributed by atoms with Crippen LogP contribution in [0.25, 0.3) is 0 Å². The number of hydrogen-bond donors (Lipinski definition) is 0. The quantitative estimate of drug-likeness (QED) is 0.400. The molecule has 0 aromatic heterocycles. The van der Waals surface area contributed by atoms with Crippen molar-refractivity contribution in [1.29, 1.82) is 0 Å². The van der Waals surface area contributed by atoms with E-state index in [2.05, 4.69) is 18.2 Å². The van der Waals surface area contributed by atoms with Crippen LogP contribution in [0.15, 0.2) is 12.7 Å². The van der Waals surface area contributed by atoms with E-state index in [0.29, 0.717) is 18.8 Å². The Hall–Kier alpha value is -0.420. The number of hydrogen-bond acceptors (Lipinski definition) is 4. The Bertz CT molecular complexity index is 159. The summed E-state index contributed by atoms with van der Waals surface area (Å²) < 4.78 is 19.2. The van der Waals surface area contributed by atoms with E-state index in [-0.39, 0.29) is 0 Å². The molecule has 0 bridgehead atoms. The van der Waals surface area contributed by atoms with Gasteiger partial charge in [-0.1, -0.05) is 6.08 Å². The van der Waals surface area contributed by atoms with Gasteiger partial charge in [0.1, 0.15) is 6.10 Å². The Morgan fingerprint density at radius 1 is 1.33 bits per heavy atom. The summed E-state index contributed by atoms with van der Waals surface area (Å²) in [5, 5.41) is 0. The van der Waals surface area contributed by atoms with E-state index in [0.717, 1.165) is 33.0 Å². The van der Waals surface area contributed by atoms with Gasteiger partial charge in [0.25, 0.3) is 0 Å². The summed E-state index contributed by atoms with van der Waals surface area (Å²) in [5.41, 5.74) is 0. The van der Waals surface area contributed by atoms with E-state index in [1.54, 1.807) is 6.08 Å². The molecule has 4 heteroatoms. The minimum atomic E-state index is 0.384. The molecular weight excluding hydrogens is 196 g/mol. The summed E-state index contributed by atoms with van der Waals surface area (Å²) in [6.45, 7) is 10.8. The van der Waals surface area contributed by atoms with Crippen LogP contribution in [-0.2, 0) is 18.9 Å². The molecule has 3 heterocycles. The molecule has 3 aliphatic rings. The van der Waals surface area contributed by atoms with Crippen molar-refractivity contribution in [2.45, 2.75) is 19.1 Å². The van der Waals surface area contributed by atoms with Crippen molar-refractivity contribution >= 4 is 0 Å². The van der Waals surface area contributed by atoms with Gasteiger partial charge in [0.05, 0.1) is 45.7 Å². The minimum Gasteiger partial charge on any atom is -0.377 e. The average molecular weight is 216 g/mol. The lowest BCUT2D eigenvalue weighted by atomic mass is 10.5. The molecule has 2 atom stereocenters. The zero-order chi connectivity index (χ0) is 10.9. The summed E-state index contributed by atoms with van der Waals surface area (Å²) in [6.07, 6.45) is 2.71. The zero-order valence-electron chi connectivity index (χ0n) is 9.31. The van der Waals surface area contributed by atoms with Crippen molar-refractivity contribution in [2.24, 2.45) is 0 Å². The van der Waals surface area contributed by atoms with Crippen molar-refractivity contribution in [2.75, 3.05) is 39.6 Å². The molecule has 2 unspecified atom stereocenters. The number of rotatable bonds is 4. The molecule has 4 nitrogen and oxygen atoms in total. The van der Waals surface area contributed by atoms with Gasteiger partial charge in [-0.05, 0) is 6.92 Å². The van der Waals surface area contributed by atoms with E-state index in [9.17, 15) is 0 Å². The predicted octanol–water partition coefficient (Wildman–Crippen LogP) is 1.01. The summed E-state index contributed by atoms with van der Waals surface area (Å²) >= 11 is 0. The summed E-state index contributed by atoms with van der Waals surface area (Å²) in [4.78, 5) is 0. The maximum atomic E-state index is 5.06. The standard InChI is InChI=1S/C6H10O2.C3H6O.C2H4O/c1-2-3-7-4-6-5-8-6;1-3-2-4-3;1-2-3-1/h2,6H,1,3-5H2;3H,2H2,1H3;1-2H2. The van der Waals surface area contributed by atoms with Gasteiger partial charge in [0.2, 0.25) is 0 Å². The molecular formula is C11H20O4. The van der Waals surface area contributed by atoms with E-state index in [1.807, 2.05) is 0 Å². The summed E-state index contributed by atoms with van der Waals surface area (Å²) in [5.74, 6) is 0. The number of epoxide rings is 3.